The van der Waals surface area contributed by atoms with Crippen LogP contribution in [0.25, 0.3) is 11.5 Å². The highest BCUT2D eigenvalue weighted by atomic mass is 16.5. The molecule has 0 aliphatic heterocycles. The predicted molar refractivity (Wildman–Crippen MR) is 96.1 cm³/mol. The fourth-order valence-corrected chi connectivity index (χ4v) is 2.24. The molecule has 3 aromatic rings. The van der Waals surface area contributed by atoms with Crippen molar-refractivity contribution in [2.24, 2.45) is 0 Å². The third-order valence-electron chi connectivity index (χ3n) is 3.64. The largest absolute Gasteiger partial charge is 0.334 e. The zero-order valence-corrected chi connectivity index (χ0v) is 14.2. The molecular weight excluding hydrogens is 316 g/mol. The second-order valence-electron chi connectivity index (χ2n) is 5.98. The summed E-state index contributed by atoms with van der Waals surface area (Å²) in [4.78, 5) is 16.3. The number of carbonyl (C=O) groups is 1. The fraction of sp³-hybridized carbons (Fsp3) is 0.211. The molecule has 0 saturated heterocycles. The van der Waals surface area contributed by atoms with Crippen LogP contribution in [0.3, 0.4) is 0 Å². The molecule has 0 unspecified atom stereocenters. The van der Waals surface area contributed by atoms with Crippen molar-refractivity contribution in [2.45, 2.75) is 26.3 Å². The highest BCUT2D eigenvalue weighted by Crippen LogP contribution is 2.21. The Hall–Kier alpha value is -3.15. The minimum Gasteiger partial charge on any atom is -0.334 e. The van der Waals surface area contributed by atoms with Gasteiger partial charge in [-0.1, -0.05) is 49.3 Å². The number of hydrogen-bond acceptors (Lipinski definition) is 4. The maximum atomic E-state index is 12.0. The second kappa shape index (κ2) is 7.61. The number of nitrogens with zero attached hydrogens (tertiary/aromatic N) is 2. The van der Waals surface area contributed by atoms with E-state index in [1.165, 1.54) is 0 Å². The van der Waals surface area contributed by atoms with Gasteiger partial charge in [0.25, 0.3) is 5.89 Å². The summed E-state index contributed by atoms with van der Waals surface area (Å²) >= 11 is 0. The van der Waals surface area contributed by atoms with Gasteiger partial charge >= 0.3 is 6.03 Å². The van der Waals surface area contributed by atoms with E-state index in [1.807, 2.05) is 56.3 Å². The highest BCUT2D eigenvalue weighted by molar-refractivity contribution is 5.89. The van der Waals surface area contributed by atoms with E-state index >= 15 is 0 Å². The molecule has 3 rings (SSSR count). The van der Waals surface area contributed by atoms with Crippen molar-refractivity contribution in [1.82, 2.24) is 15.5 Å². The summed E-state index contributed by atoms with van der Waals surface area (Å²) in [6, 6.07) is 16.8. The number of urea groups is 1. The first-order valence-electron chi connectivity index (χ1n) is 8.14. The Morgan fingerprint density at radius 2 is 1.80 bits per heavy atom. The summed E-state index contributed by atoms with van der Waals surface area (Å²) < 4.78 is 5.26. The molecule has 0 radical (unpaired) electrons. The Bertz CT molecular complexity index is 826. The molecule has 6 heteroatoms. The van der Waals surface area contributed by atoms with E-state index in [-0.39, 0.29) is 11.9 Å². The molecule has 2 aromatic carbocycles. The van der Waals surface area contributed by atoms with Crippen LogP contribution in [0.1, 0.15) is 31.2 Å². The van der Waals surface area contributed by atoms with Crippen LogP contribution in [0.2, 0.25) is 0 Å². The zero-order valence-electron chi connectivity index (χ0n) is 14.2. The van der Waals surface area contributed by atoms with Gasteiger partial charge in [0.05, 0.1) is 0 Å². The molecule has 0 fully saturated rings. The molecule has 0 bridgehead atoms. The molecule has 0 atom stereocenters. The Labute approximate surface area is 146 Å². The van der Waals surface area contributed by atoms with E-state index < -0.39 is 0 Å². The van der Waals surface area contributed by atoms with Crippen molar-refractivity contribution in [2.75, 3.05) is 5.32 Å². The fourth-order valence-electron chi connectivity index (χ4n) is 2.24. The van der Waals surface area contributed by atoms with Gasteiger partial charge < -0.3 is 15.2 Å². The van der Waals surface area contributed by atoms with E-state index in [0.29, 0.717) is 23.9 Å². The van der Waals surface area contributed by atoms with Crippen molar-refractivity contribution in [3.8, 4) is 11.5 Å². The number of benzene rings is 2. The Balaban J connectivity index is 1.57. The molecule has 6 nitrogen and oxygen atoms in total. The third-order valence-corrected chi connectivity index (χ3v) is 3.64. The van der Waals surface area contributed by atoms with Crippen LogP contribution < -0.4 is 10.6 Å². The van der Waals surface area contributed by atoms with Gasteiger partial charge in [-0.15, -0.1) is 0 Å². The first-order chi connectivity index (χ1) is 12.1. The molecule has 0 aliphatic rings. The van der Waals surface area contributed by atoms with E-state index in [1.54, 1.807) is 12.1 Å². The lowest BCUT2D eigenvalue weighted by Gasteiger charge is -2.08. The van der Waals surface area contributed by atoms with Gasteiger partial charge in [0.1, 0.15) is 0 Å². The summed E-state index contributed by atoms with van der Waals surface area (Å²) in [6.45, 7) is 4.50. The lowest BCUT2D eigenvalue weighted by atomic mass is 10.2. The molecule has 1 heterocycles. The van der Waals surface area contributed by atoms with Crippen molar-refractivity contribution in [1.29, 1.82) is 0 Å². The summed E-state index contributed by atoms with van der Waals surface area (Å²) in [5.74, 6) is 1.37. The number of amides is 2. The lowest BCUT2D eigenvalue weighted by molar-refractivity contribution is 0.251. The molecule has 2 N–H and O–H groups in total. The van der Waals surface area contributed by atoms with Crippen LogP contribution in [0.4, 0.5) is 10.5 Å². The molecule has 0 saturated carbocycles. The van der Waals surface area contributed by atoms with E-state index in [9.17, 15) is 4.79 Å². The van der Waals surface area contributed by atoms with Gasteiger partial charge in [0, 0.05) is 23.7 Å². The topological polar surface area (TPSA) is 80.0 Å². The molecule has 128 valence electrons. The van der Waals surface area contributed by atoms with Crippen LogP contribution >= 0.6 is 0 Å². The number of aromatic nitrogens is 2. The van der Waals surface area contributed by atoms with Gasteiger partial charge in [0.15, 0.2) is 5.82 Å². The monoisotopic (exact) mass is 336 g/mol. The number of rotatable bonds is 5. The minimum absolute atomic E-state index is 0.215. The molecule has 0 spiro atoms. The summed E-state index contributed by atoms with van der Waals surface area (Å²) in [5, 5.41) is 9.57. The van der Waals surface area contributed by atoms with Crippen LogP contribution in [-0.4, -0.2) is 16.2 Å². The summed E-state index contributed by atoms with van der Waals surface area (Å²) in [7, 11) is 0. The van der Waals surface area contributed by atoms with Crippen molar-refractivity contribution in [3.05, 3.63) is 66.0 Å². The smallest absolute Gasteiger partial charge is 0.319 e. The highest BCUT2D eigenvalue weighted by Gasteiger charge is 2.11. The van der Waals surface area contributed by atoms with Gasteiger partial charge in [0.2, 0.25) is 0 Å². The molecular formula is C19H20N4O2. The van der Waals surface area contributed by atoms with Gasteiger partial charge in [-0.2, -0.15) is 4.98 Å². The van der Waals surface area contributed by atoms with E-state index in [2.05, 4.69) is 20.8 Å². The first-order valence-corrected chi connectivity index (χ1v) is 8.14. The maximum absolute atomic E-state index is 12.0. The van der Waals surface area contributed by atoms with Gasteiger partial charge in [-0.05, 0) is 29.8 Å². The van der Waals surface area contributed by atoms with Crippen LogP contribution in [0.15, 0.2) is 59.1 Å². The van der Waals surface area contributed by atoms with Crippen molar-refractivity contribution in [3.63, 3.8) is 0 Å². The van der Waals surface area contributed by atoms with Gasteiger partial charge in [-0.25, -0.2) is 4.79 Å². The van der Waals surface area contributed by atoms with E-state index in [0.717, 1.165) is 11.1 Å². The number of carbonyl (C=O) groups excluding carboxylic acids is 1. The molecule has 2 amide bonds. The Morgan fingerprint density at radius 1 is 1.08 bits per heavy atom. The van der Waals surface area contributed by atoms with Crippen LogP contribution in [0, 0.1) is 0 Å². The first kappa shape index (κ1) is 16.7. The lowest BCUT2D eigenvalue weighted by Crippen LogP contribution is -2.28. The zero-order chi connectivity index (χ0) is 17.6. The number of anilines is 1. The van der Waals surface area contributed by atoms with Crippen molar-refractivity contribution >= 4 is 11.7 Å². The maximum Gasteiger partial charge on any atom is 0.319 e. The average molecular weight is 336 g/mol. The Kier molecular flexibility index (Phi) is 5.09. The molecule has 1 aromatic heterocycles. The minimum atomic E-state index is -0.253. The van der Waals surface area contributed by atoms with Crippen LogP contribution in [-0.2, 0) is 6.54 Å². The Morgan fingerprint density at radius 3 is 2.44 bits per heavy atom. The predicted octanol–water partition coefficient (Wildman–Crippen LogP) is 4.18. The van der Waals surface area contributed by atoms with Crippen LogP contribution in [0.5, 0.6) is 0 Å². The number of hydrogen-bond donors (Lipinski definition) is 2. The second-order valence-corrected chi connectivity index (χ2v) is 5.98. The third kappa shape index (κ3) is 4.44. The quantitative estimate of drug-likeness (QED) is 0.732. The normalized spacial score (nSPS) is 10.7. The van der Waals surface area contributed by atoms with Crippen molar-refractivity contribution < 1.29 is 9.32 Å². The number of nitrogens with one attached hydrogen (secondary N) is 2. The molecule has 0 aliphatic carbocycles. The standard InChI is InChI=1S/C19H20N4O2/c1-13(2)17-22-18(25-23-17)15-8-10-16(11-9-15)21-19(24)20-12-14-6-4-3-5-7-14/h3-11,13H,12H2,1-2H3,(H2,20,21,24). The summed E-state index contributed by atoms with van der Waals surface area (Å²) in [5.41, 5.74) is 2.55. The molecule has 25 heavy (non-hydrogen) atoms. The van der Waals surface area contributed by atoms with E-state index in [4.69, 9.17) is 4.52 Å². The summed E-state index contributed by atoms with van der Waals surface area (Å²) in [6.07, 6.45) is 0. The average Bonchev–Trinajstić information content (AvgIpc) is 3.12. The SMILES string of the molecule is CC(C)c1noc(-c2ccc(NC(=O)NCc3ccccc3)cc2)n1. The van der Waals surface area contributed by atoms with Gasteiger partial charge in [-0.3, -0.25) is 0 Å².